The van der Waals surface area contributed by atoms with Gasteiger partial charge in [-0.25, -0.2) is 0 Å². The third-order valence-corrected chi connectivity index (χ3v) is 4.49. The quantitative estimate of drug-likeness (QED) is 0.903. The molecule has 2 heterocycles. The van der Waals surface area contributed by atoms with Crippen molar-refractivity contribution in [2.75, 3.05) is 13.1 Å². The van der Waals surface area contributed by atoms with Crippen molar-refractivity contribution < 1.29 is 5.11 Å². The molecule has 2 unspecified atom stereocenters. The highest BCUT2D eigenvalue weighted by Gasteiger charge is 2.27. The van der Waals surface area contributed by atoms with E-state index in [1.165, 1.54) is 0 Å². The Bertz CT molecular complexity index is 431. The van der Waals surface area contributed by atoms with Crippen molar-refractivity contribution >= 4 is 11.6 Å². The molecule has 1 saturated heterocycles. The van der Waals surface area contributed by atoms with Crippen molar-refractivity contribution in [2.45, 2.75) is 52.8 Å². The van der Waals surface area contributed by atoms with E-state index in [0.29, 0.717) is 5.92 Å². The Morgan fingerprint density at radius 3 is 2.74 bits per heavy atom. The summed E-state index contributed by atoms with van der Waals surface area (Å²) in [5.74, 6) is 0.391. The van der Waals surface area contributed by atoms with Crippen LogP contribution in [0.4, 0.5) is 0 Å². The SMILES string of the molecule is CCc1nn(CC)c(CN2CCC(C(C)O)C2)c1Cl. The summed E-state index contributed by atoms with van der Waals surface area (Å²) in [5.41, 5.74) is 2.11. The largest absolute Gasteiger partial charge is 0.393 e. The monoisotopic (exact) mass is 285 g/mol. The Hall–Kier alpha value is -0.580. The highest BCUT2D eigenvalue weighted by atomic mass is 35.5. The summed E-state index contributed by atoms with van der Waals surface area (Å²) >= 11 is 6.43. The van der Waals surface area contributed by atoms with Gasteiger partial charge in [-0.3, -0.25) is 9.58 Å². The van der Waals surface area contributed by atoms with Crippen LogP contribution in [0.25, 0.3) is 0 Å². The third-order valence-electron chi connectivity index (χ3n) is 4.06. The van der Waals surface area contributed by atoms with Crippen LogP contribution in [0.2, 0.25) is 5.02 Å². The van der Waals surface area contributed by atoms with Gasteiger partial charge in [0.15, 0.2) is 0 Å². The summed E-state index contributed by atoms with van der Waals surface area (Å²) in [6, 6.07) is 0. The molecule has 1 N–H and O–H groups in total. The number of rotatable bonds is 5. The highest BCUT2D eigenvalue weighted by Crippen LogP contribution is 2.26. The maximum atomic E-state index is 9.66. The van der Waals surface area contributed by atoms with Gasteiger partial charge in [0.2, 0.25) is 0 Å². The molecule has 2 rings (SSSR count). The summed E-state index contributed by atoms with van der Waals surface area (Å²) in [5, 5.41) is 15.0. The number of hydrogen-bond donors (Lipinski definition) is 1. The molecule has 1 fully saturated rings. The molecule has 1 aromatic heterocycles. The van der Waals surface area contributed by atoms with Gasteiger partial charge in [0.1, 0.15) is 0 Å². The molecule has 5 heteroatoms. The second-order valence-electron chi connectivity index (χ2n) is 5.40. The fourth-order valence-corrected chi connectivity index (χ4v) is 3.11. The van der Waals surface area contributed by atoms with Gasteiger partial charge < -0.3 is 5.11 Å². The van der Waals surface area contributed by atoms with Crippen LogP contribution in [-0.4, -0.2) is 39.0 Å². The predicted octanol–water partition coefficient (Wildman–Crippen LogP) is 2.32. The minimum absolute atomic E-state index is 0.220. The lowest BCUT2D eigenvalue weighted by Crippen LogP contribution is -2.25. The van der Waals surface area contributed by atoms with E-state index in [9.17, 15) is 5.11 Å². The van der Waals surface area contributed by atoms with Crippen molar-refractivity contribution in [2.24, 2.45) is 5.92 Å². The van der Waals surface area contributed by atoms with Crippen molar-refractivity contribution in [3.8, 4) is 0 Å². The van der Waals surface area contributed by atoms with Crippen molar-refractivity contribution in [3.63, 3.8) is 0 Å². The summed E-state index contributed by atoms with van der Waals surface area (Å²) in [4.78, 5) is 2.37. The van der Waals surface area contributed by atoms with E-state index in [1.54, 1.807) is 0 Å². The zero-order valence-electron chi connectivity index (χ0n) is 12.1. The van der Waals surface area contributed by atoms with Crippen LogP contribution in [-0.2, 0) is 19.5 Å². The summed E-state index contributed by atoms with van der Waals surface area (Å²) in [6.07, 6.45) is 1.72. The molecule has 1 aromatic rings. The molecule has 0 aromatic carbocycles. The van der Waals surface area contributed by atoms with Gasteiger partial charge in [-0.2, -0.15) is 5.10 Å². The number of aliphatic hydroxyl groups is 1. The first kappa shape index (κ1) is 14.8. The van der Waals surface area contributed by atoms with Crippen LogP contribution in [0, 0.1) is 5.92 Å². The zero-order chi connectivity index (χ0) is 14.0. The van der Waals surface area contributed by atoms with Gasteiger partial charge in [-0.05, 0) is 39.2 Å². The van der Waals surface area contributed by atoms with E-state index in [4.69, 9.17) is 11.6 Å². The van der Waals surface area contributed by atoms with E-state index >= 15 is 0 Å². The molecule has 108 valence electrons. The summed E-state index contributed by atoms with van der Waals surface area (Å²) < 4.78 is 2.01. The normalized spacial score (nSPS) is 22.1. The first-order chi connectivity index (χ1) is 9.06. The average molecular weight is 286 g/mol. The van der Waals surface area contributed by atoms with Crippen LogP contribution < -0.4 is 0 Å². The number of hydrogen-bond acceptors (Lipinski definition) is 3. The second-order valence-corrected chi connectivity index (χ2v) is 5.78. The van der Waals surface area contributed by atoms with E-state index in [2.05, 4.69) is 23.8 Å². The number of nitrogens with zero attached hydrogens (tertiary/aromatic N) is 3. The van der Waals surface area contributed by atoms with Gasteiger partial charge in [0.05, 0.1) is 22.5 Å². The van der Waals surface area contributed by atoms with Crippen molar-refractivity contribution in [1.82, 2.24) is 14.7 Å². The lowest BCUT2D eigenvalue weighted by Gasteiger charge is -2.18. The number of aliphatic hydroxyl groups excluding tert-OH is 1. The maximum Gasteiger partial charge on any atom is 0.0863 e. The maximum absolute atomic E-state index is 9.66. The van der Waals surface area contributed by atoms with Crippen molar-refractivity contribution in [1.29, 1.82) is 0 Å². The molecule has 1 aliphatic rings. The zero-order valence-corrected chi connectivity index (χ0v) is 12.8. The fraction of sp³-hybridized carbons (Fsp3) is 0.786. The van der Waals surface area contributed by atoms with Crippen LogP contribution in [0.5, 0.6) is 0 Å². The lowest BCUT2D eigenvalue weighted by atomic mass is 10.0. The first-order valence-electron chi connectivity index (χ1n) is 7.21. The number of halogens is 1. The molecule has 0 spiro atoms. The molecular formula is C14H24ClN3O. The van der Waals surface area contributed by atoms with Crippen molar-refractivity contribution in [3.05, 3.63) is 16.4 Å². The predicted molar refractivity (Wildman–Crippen MR) is 77.4 cm³/mol. The molecule has 19 heavy (non-hydrogen) atoms. The Kier molecular flexibility index (Phi) is 4.87. The molecule has 0 radical (unpaired) electrons. The number of likely N-dealkylation sites (tertiary alicyclic amines) is 1. The average Bonchev–Trinajstić information content (AvgIpc) is 2.96. The first-order valence-corrected chi connectivity index (χ1v) is 7.59. The second kappa shape index (κ2) is 6.25. The molecular weight excluding hydrogens is 262 g/mol. The number of aryl methyl sites for hydroxylation is 2. The van der Waals surface area contributed by atoms with Crippen LogP contribution in [0.15, 0.2) is 0 Å². The lowest BCUT2D eigenvalue weighted by molar-refractivity contribution is 0.127. The Morgan fingerprint density at radius 2 is 2.21 bits per heavy atom. The van der Waals surface area contributed by atoms with Gasteiger partial charge >= 0.3 is 0 Å². The molecule has 4 nitrogen and oxygen atoms in total. The van der Waals surface area contributed by atoms with Crippen LogP contribution >= 0.6 is 11.6 Å². The standard InChI is InChI=1S/C14H24ClN3O/c1-4-12-14(15)13(18(5-2)16-12)9-17-7-6-11(8-17)10(3)19/h10-11,19H,4-9H2,1-3H3. The summed E-state index contributed by atoms with van der Waals surface area (Å²) in [7, 11) is 0. The van der Waals surface area contributed by atoms with Crippen LogP contribution in [0.1, 0.15) is 38.6 Å². The molecule has 0 saturated carbocycles. The van der Waals surface area contributed by atoms with Crippen LogP contribution in [0.3, 0.4) is 0 Å². The van der Waals surface area contributed by atoms with E-state index < -0.39 is 0 Å². The fourth-order valence-electron chi connectivity index (χ4n) is 2.78. The van der Waals surface area contributed by atoms with Gasteiger partial charge in [-0.1, -0.05) is 18.5 Å². The molecule has 1 aliphatic heterocycles. The van der Waals surface area contributed by atoms with Gasteiger partial charge in [0.25, 0.3) is 0 Å². The van der Waals surface area contributed by atoms with Gasteiger partial charge in [-0.15, -0.1) is 0 Å². The molecule has 2 atom stereocenters. The smallest absolute Gasteiger partial charge is 0.0863 e. The van der Waals surface area contributed by atoms with Gasteiger partial charge in [0, 0.05) is 19.6 Å². The molecule has 0 amide bonds. The minimum atomic E-state index is -0.220. The number of aromatic nitrogens is 2. The summed E-state index contributed by atoms with van der Waals surface area (Å²) in [6.45, 7) is 9.72. The molecule has 0 aliphatic carbocycles. The third kappa shape index (κ3) is 3.12. The highest BCUT2D eigenvalue weighted by molar-refractivity contribution is 6.31. The topological polar surface area (TPSA) is 41.3 Å². The Labute approximate surface area is 120 Å². The van der Waals surface area contributed by atoms with E-state index in [-0.39, 0.29) is 6.10 Å². The Balaban J connectivity index is 2.09. The van der Waals surface area contributed by atoms with E-state index in [0.717, 1.165) is 55.4 Å². The Morgan fingerprint density at radius 1 is 1.47 bits per heavy atom. The molecule has 0 bridgehead atoms. The van der Waals surface area contributed by atoms with E-state index in [1.807, 2.05) is 11.6 Å². The minimum Gasteiger partial charge on any atom is -0.393 e.